The molecule has 1 saturated heterocycles. The van der Waals surface area contributed by atoms with Crippen molar-refractivity contribution in [1.29, 1.82) is 0 Å². The van der Waals surface area contributed by atoms with Gasteiger partial charge in [-0.25, -0.2) is 0 Å². The highest BCUT2D eigenvalue weighted by molar-refractivity contribution is 4.91. The summed E-state index contributed by atoms with van der Waals surface area (Å²) in [5.74, 6) is 0. The molecule has 72 valence electrons. The Balaban J connectivity index is 2.51. The summed E-state index contributed by atoms with van der Waals surface area (Å²) in [6, 6.07) is 0.494. The maximum atomic E-state index is 5.78. The van der Waals surface area contributed by atoms with E-state index in [2.05, 4.69) is 33.0 Å². The van der Waals surface area contributed by atoms with Gasteiger partial charge < -0.3 is 10.1 Å². The minimum Gasteiger partial charge on any atom is -0.375 e. The van der Waals surface area contributed by atoms with Gasteiger partial charge in [0, 0.05) is 11.6 Å². The summed E-state index contributed by atoms with van der Waals surface area (Å²) in [5, 5.41) is 3.62. The van der Waals surface area contributed by atoms with Gasteiger partial charge in [0.2, 0.25) is 0 Å². The van der Waals surface area contributed by atoms with Crippen molar-refractivity contribution in [2.75, 3.05) is 6.61 Å². The van der Waals surface area contributed by atoms with Gasteiger partial charge in [-0.3, -0.25) is 0 Å². The Morgan fingerprint density at radius 1 is 1.50 bits per heavy atom. The van der Waals surface area contributed by atoms with E-state index in [1.54, 1.807) is 0 Å². The fourth-order valence-electron chi connectivity index (χ4n) is 1.80. The number of morpholine rings is 1. The van der Waals surface area contributed by atoms with Crippen LogP contribution in [-0.2, 0) is 4.74 Å². The molecule has 2 heteroatoms. The fourth-order valence-corrected chi connectivity index (χ4v) is 1.80. The first kappa shape index (κ1) is 10.0. The second-order valence-electron chi connectivity index (χ2n) is 4.10. The van der Waals surface area contributed by atoms with Crippen LogP contribution < -0.4 is 5.32 Å². The Morgan fingerprint density at radius 2 is 2.17 bits per heavy atom. The van der Waals surface area contributed by atoms with Crippen LogP contribution in [-0.4, -0.2) is 24.3 Å². The Labute approximate surface area is 75.7 Å². The fraction of sp³-hybridized carbons (Fsp3) is 1.00. The van der Waals surface area contributed by atoms with Crippen LogP contribution >= 0.6 is 0 Å². The molecule has 1 heterocycles. The molecule has 1 aliphatic heterocycles. The Kier molecular flexibility index (Phi) is 3.13. The van der Waals surface area contributed by atoms with E-state index < -0.39 is 0 Å². The SMILES string of the molecule is CCC1OCC(C)(CC)NC1C. The topological polar surface area (TPSA) is 21.3 Å². The van der Waals surface area contributed by atoms with Crippen LogP contribution in [0.3, 0.4) is 0 Å². The molecule has 0 aromatic rings. The Morgan fingerprint density at radius 3 is 2.58 bits per heavy atom. The first-order valence-corrected chi connectivity index (χ1v) is 5.00. The van der Waals surface area contributed by atoms with Crippen LogP contribution in [0.2, 0.25) is 0 Å². The summed E-state index contributed by atoms with van der Waals surface area (Å²) in [4.78, 5) is 0. The molecule has 3 unspecified atom stereocenters. The van der Waals surface area contributed by atoms with Gasteiger partial charge in [-0.1, -0.05) is 13.8 Å². The lowest BCUT2D eigenvalue weighted by atomic mass is 9.94. The summed E-state index contributed by atoms with van der Waals surface area (Å²) in [5.41, 5.74) is 0.199. The third-order valence-corrected chi connectivity index (χ3v) is 2.93. The number of hydrogen-bond acceptors (Lipinski definition) is 2. The monoisotopic (exact) mass is 171 g/mol. The van der Waals surface area contributed by atoms with Gasteiger partial charge in [0.25, 0.3) is 0 Å². The van der Waals surface area contributed by atoms with Crippen LogP contribution in [0.1, 0.15) is 40.5 Å². The quantitative estimate of drug-likeness (QED) is 0.685. The summed E-state index contributed by atoms with van der Waals surface area (Å²) in [6.07, 6.45) is 2.64. The zero-order valence-electron chi connectivity index (χ0n) is 8.68. The molecule has 0 aliphatic carbocycles. The van der Waals surface area contributed by atoms with E-state index in [-0.39, 0.29) is 5.54 Å². The zero-order chi connectivity index (χ0) is 9.19. The molecule has 3 atom stereocenters. The van der Waals surface area contributed by atoms with E-state index >= 15 is 0 Å². The summed E-state index contributed by atoms with van der Waals surface area (Å²) >= 11 is 0. The van der Waals surface area contributed by atoms with Gasteiger partial charge in [0.1, 0.15) is 0 Å². The molecule has 0 aromatic carbocycles. The third-order valence-electron chi connectivity index (χ3n) is 2.93. The van der Waals surface area contributed by atoms with Crippen LogP contribution in [0.25, 0.3) is 0 Å². The first-order valence-electron chi connectivity index (χ1n) is 5.00. The maximum absolute atomic E-state index is 5.78. The van der Waals surface area contributed by atoms with Gasteiger partial charge in [-0.2, -0.15) is 0 Å². The average molecular weight is 171 g/mol. The summed E-state index contributed by atoms with van der Waals surface area (Å²) in [7, 11) is 0. The molecule has 0 aromatic heterocycles. The smallest absolute Gasteiger partial charge is 0.0723 e. The van der Waals surface area contributed by atoms with Crippen molar-refractivity contribution in [2.24, 2.45) is 0 Å². The molecule has 1 N–H and O–H groups in total. The number of rotatable bonds is 2. The molecular formula is C10H21NO. The molecule has 0 spiro atoms. The van der Waals surface area contributed by atoms with Crippen molar-refractivity contribution in [2.45, 2.75) is 58.2 Å². The molecule has 0 amide bonds. The van der Waals surface area contributed by atoms with Crippen LogP contribution in [0, 0.1) is 0 Å². The van der Waals surface area contributed by atoms with Crippen molar-refractivity contribution in [1.82, 2.24) is 5.32 Å². The normalized spacial score (nSPS) is 43.0. The molecule has 1 fully saturated rings. The maximum Gasteiger partial charge on any atom is 0.0723 e. The van der Waals surface area contributed by atoms with Crippen molar-refractivity contribution in [3.63, 3.8) is 0 Å². The highest BCUT2D eigenvalue weighted by Crippen LogP contribution is 2.20. The molecule has 0 saturated carbocycles. The molecule has 12 heavy (non-hydrogen) atoms. The standard InChI is InChI=1S/C10H21NO/c1-5-9-8(3)11-10(4,6-2)7-12-9/h8-9,11H,5-7H2,1-4H3. The lowest BCUT2D eigenvalue weighted by Gasteiger charge is -2.42. The first-order chi connectivity index (χ1) is 5.61. The number of hydrogen-bond donors (Lipinski definition) is 1. The molecular weight excluding hydrogens is 150 g/mol. The lowest BCUT2D eigenvalue weighted by molar-refractivity contribution is -0.0552. The highest BCUT2D eigenvalue weighted by Gasteiger charge is 2.33. The van der Waals surface area contributed by atoms with Crippen LogP contribution in [0.4, 0.5) is 0 Å². The largest absolute Gasteiger partial charge is 0.375 e. The van der Waals surface area contributed by atoms with E-state index in [4.69, 9.17) is 4.74 Å². The molecule has 0 radical (unpaired) electrons. The van der Waals surface area contributed by atoms with E-state index in [0.717, 1.165) is 19.4 Å². The van der Waals surface area contributed by atoms with Crippen LogP contribution in [0.15, 0.2) is 0 Å². The second kappa shape index (κ2) is 3.75. The van der Waals surface area contributed by atoms with Crippen LogP contribution in [0.5, 0.6) is 0 Å². The van der Waals surface area contributed by atoms with E-state index in [0.29, 0.717) is 12.1 Å². The third kappa shape index (κ3) is 1.99. The summed E-state index contributed by atoms with van der Waals surface area (Å²) in [6.45, 7) is 9.68. The molecule has 0 bridgehead atoms. The van der Waals surface area contributed by atoms with Gasteiger partial charge >= 0.3 is 0 Å². The summed E-state index contributed by atoms with van der Waals surface area (Å²) < 4.78 is 5.78. The van der Waals surface area contributed by atoms with Gasteiger partial charge in [-0.15, -0.1) is 0 Å². The second-order valence-corrected chi connectivity index (χ2v) is 4.10. The minimum absolute atomic E-state index is 0.199. The van der Waals surface area contributed by atoms with E-state index in [1.165, 1.54) is 0 Å². The highest BCUT2D eigenvalue weighted by atomic mass is 16.5. The Hall–Kier alpha value is -0.0800. The van der Waals surface area contributed by atoms with Crippen molar-refractivity contribution in [3.05, 3.63) is 0 Å². The van der Waals surface area contributed by atoms with E-state index in [9.17, 15) is 0 Å². The predicted molar refractivity (Wildman–Crippen MR) is 51.3 cm³/mol. The van der Waals surface area contributed by atoms with Gasteiger partial charge in [0.05, 0.1) is 12.7 Å². The predicted octanol–water partition coefficient (Wildman–Crippen LogP) is 1.94. The molecule has 1 rings (SSSR count). The van der Waals surface area contributed by atoms with Crippen molar-refractivity contribution >= 4 is 0 Å². The van der Waals surface area contributed by atoms with Crippen molar-refractivity contribution in [3.8, 4) is 0 Å². The van der Waals surface area contributed by atoms with Gasteiger partial charge in [0.15, 0.2) is 0 Å². The average Bonchev–Trinajstić information content (AvgIpc) is 2.05. The zero-order valence-corrected chi connectivity index (χ0v) is 8.68. The number of ether oxygens (including phenoxy) is 1. The molecule has 2 nitrogen and oxygen atoms in total. The minimum atomic E-state index is 0.199. The Bertz CT molecular complexity index is 149. The molecule has 1 aliphatic rings. The van der Waals surface area contributed by atoms with Crippen molar-refractivity contribution < 1.29 is 4.74 Å². The number of nitrogens with one attached hydrogen (secondary N) is 1. The van der Waals surface area contributed by atoms with Gasteiger partial charge in [-0.05, 0) is 26.7 Å². The van der Waals surface area contributed by atoms with E-state index in [1.807, 2.05) is 0 Å². The lowest BCUT2D eigenvalue weighted by Crippen LogP contribution is -2.59.